The summed E-state index contributed by atoms with van der Waals surface area (Å²) < 4.78 is 0. The Morgan fingerprint density at radius 1 is 0.833 bits per heavy atom. The van der Waals surface area contributed by atoms with Crippen molar-refractivity contribution in [2.24, 2.45) is 0 Å². The molecule has 0 radical (unpaired) electrons. The molecule has 2 heteroatoms. The lowest BCUT2D eigenvalue weighted by atomic mass is 9.95. The third-order valence-electron chi connectivity index (χ3n) is 2.00. The molecule has 1 saturated carbocycles. The van der Waals surface area contributed by atoms with Crippen LogP contribution in [0.5, 0.6) is 0 Å². The summed E-state index contributed by atoms with van der Waals surface area (Å²) in [6.45, 7) is 4.00. The number of allylic oxidation sites excluding steroid dienone is 2. The molecular weight excluding hydrogens is 152 g/mol. The molecule has 1 fully saturated rings. The van der Waals surface area contributed by atoms with Crippen LogP contribution >= 0.6 is 0 Å². The first-order valence-corrected chi connectivity index (χ1v) is 4.64. The molecule has 72 valence electrons. The Hall–Kier alpha value is -0.340. The van der Waals surface area contributed by atoms with Gasteiger partial charge in [0.25, 0.3) is 0 Å². The van der Waals surface area contributed by atoms with Crippen molar-refractivity contribution in [2.75, 3.05) is 0 Å². The first kappa shape index (κ1) is 11.7. The number of hydrogen-bond acceptors (Lipinski definition) is 2. The molecular formula is C10H20O2. The second-order valence-electron chi connectivity index (χ2n) is 3.13. The van der Waals surface area contributed by atoms with Crippen molar-refractivity contribution in [1.82, 2.24) is 0 Å². The van der Waals surface area contributed by atoms with Crippen LogP contribution in [-0.2, 0) is 0 Å². The fraction of sp³-hybridized carbons (Fsp3) is 0.800. The molecule has 0 bridgehead atoms. The van der Waals surface area contributed by atoms with Crippen LogP contribution in [0.4, 0.5) is 0 Å². The average Bonchev–Trinajstić information content (AvgIpc) is 2.11. The van der Waals surface area contributed by atoms with Crippen molar-refractivity contribution in [3.63, 3.8) is 0 Å². The highest BCUT2D eigenvalue weighted by Gasteiger charge is 2.15. The minimum Gasteiger partial charge on any atom is -0.393 e. The van der Waals surface area contributed by atoms with E-state index in [9.17, 15) is 0 Å². The van der Waals surface area contributed by atoms with E-state index in [0.29, 0.717) is 0 Å². The number of aliphatic hydroxyl groups excluding tert-OH is 2. The van der Waals surface area contributed by atoms with E-state index >= 15 is 0 Å². The molecule has 1 aliphatic rings. The van der Waals surface area contributed by atoms with Gasteiger partial charge in [0, 0.05) is 0 Å². The molecule has 0 aromatic heterocycles. The molecule has 0 amide bonds. The first-order valence-electron chi connectivity index (χ1n) is 4.64. The molecule has 0 aromatic rings. The van der Waals surface area contributed by atoms with Gasteiger partial charge in [-0.1, -0.05) is 12.2 Å². The van der Waals surface area contributed by atoms with E-state index in [1.54, 1.807) is 0 Å². The molecule has 0 saturated heterocycles. The van der Waals surface area contributed by atoms with Gasteiger partial charge in [0.2, 0.25) is 0 Å². The maximum absolute atomic E-state index is 8.92. The Morgan fingerprint density at radius 3 is 1.25 bits per heavy atom. The van der Waals surface area contributed by atoms with E-state index in [0.717, 1.165) is 25.7 Å². The van der Waals surface area contributed by atoms with Crippen LogP contribution in [0.15, 0.2) is 12.2 Å². The van der Waals surface area contributed by atoms with E-state index in [-0.39, 0.29) is 12.2 Å². The van der Waals surface area contributed by atoms with E-state index < -0.39 is 0 Å². The van der Waals surface area contributed by atoms with Crippen LogP contribution in [0.3, 0.4) is 0 Å². The van der Waals surface area contributed by atoms with Gasteiger partial charge in [0.1, 0.15) is 0 Å². The van der Waals surface area contributed by atoms with Crippen LogP contribution in [0, 0.1) is 0 Å². The number of aliphatic hydroxyl groups is 2. The summed E-state index contributed by atoms with van der Waals surface area (Å²) in [5.74, 6) is 0. The normalized spacial score (nSPS) is 29.7. The minimum atomic E-state index is -0.140. The van der Waals surface area contributed by atoms with Gasteiger partial charge >= 0.3 is 0 Å². The van der Waals surface area contributed by atoms with Crippen LogP contribution < -0.4 is 0 Å². The van der Waals surface area contributed by atoms with Crippen molar-refractivity contribution in [1.29, 1.82) is 0 Å². The number of rotatable bonds is 0. The molecule has 0 heterocycles. The highest BCUT2D eigenvalue weighted by atomic mass is 16.3. The second kappa shape index (κ2) is 7.32. The molecule has 1 aliphatic carbocycles. The van der Waals surface area contributed by atoms with Crippen LogP contribution in [0.1, 0.15) is 39.5 Å². The van der Waals surface area contributed by atoms with Crippen molar-refractivity contribution < 1.29 is 10.2 Å². The summed E-state index contributed by atoms with van der Waals surface area (Å²) in [7, 11) is 0. The maximum atomic E-state index is 8.92. The van der Waals surface area contributed by atoms with Crippen LogP contribution in [0.2, 0.25) is 0 Å². The quantitative estimate of drug-likeness (QED) is 0.548. The smallest absolute Gasteiger partial charge is 0.0542 e. The van der Waals surface area contributed by atoms with Gasteiger partial charge < -0.3 is 10.2 Å². The Kier molecular flexibility index (Phi) is 7.11. The molecule has 12 heavy (non-hydrogen) atoms. The largest absolute Gasteiger partial charge is 0.393 e. The van der Waals surface area contributed by atoms with Crippen molar-refractivity contribution in [3.05, 3.63) is 12.2 Å². The van der Waals surface area contributed by atoms with Crippen molar-refractivity contribution in [3.8, 4) is 0 Å². The van der Waals surface area contributed by atoms with Gasteiger partial charge in [-0.25, -0.2) is 0 Å². The Morgan fingerprint density at radius 2 is 1.08 bits per heavy atom. The topological polar surface area (TPSA) is 40.5 Å². The van der Waals surface area contributed by atoms with Gasteiger partial charge in [0.05, 0.1) is 12.2 Å². The zero-order chi connectivity index (χ0) is 9.40. The van der Waals surface area contributed by atoms with Gasteiger partial charge in [-0.15, -0.1) is 0 Å². The Labute approximate surface area is 74.9 Å². The molecule has 0 spiro atoms. The van der Waals surface area contributed by atoms with Crippen LogP contribution in [-0.4, -0.2) is 22.4 Å². The molecule has 0 unspecified atom stereocenters. The van der Waals surface area contributed by atoms with E-state index in [1.165, 1.54) is 0 Å². The summed E-state index contributed by atoms with van der Waals surface area (Å²) in [5.41, 5.74) is 0. The van der Waals surface area contributed by atoms with Gasteiger partial charge in [-0.2, -0.15) is 0 Å². The highest BCUT2D eigenvalue weighted by molar-refractivity contribution is 4.69. The zero-order valence-electron chi connectivity index (χ0n) is 8.03. The van der Waals surface area contributed by atoms with Gasteiger partial charge in [-0.3, -0.25) is 0 Å². The van der Waals surface area contributed by atoms with E-state index in [2.05, 4.69) is 0 Å². The fourth-order valence-corrected chi connectivity index (χ4v) is 1.06. The standard InChI is InChI=1S/C6H12O2.C4H8/c7-5-1-2-6(8)4-3-5;1-3-4-2/h5-8H,1-4H2;3-4H,1-2H3. The molecule has 2 nitrogen and oxygen atoms in total. The Balaban J connectivity index is 0.000000261. The SMILES string of the molecule is CC=CC.OC1CCC(O)CC1. The predicted octanol–water partition coefficient (Wildman–Crippen LogP) is 1.86. The molecule has 2 N–H and O–H groups in total. The summed E-state index contributed by atoms with van der Waals surface area (Å²) in [6, 6.07) is 0. The van der Waals surface area contributed by atoms with E-state index in [1.807, 2.05) is 26.0 Å². The van der Waals surface area contributed by atoms with Gasteiger partial charge in [-0.05, 0) is 39.5 Å². The maximum Gasteiger partial charge on any atom is 0.0542 e. The molecule has 1 rings (SSSR count). The zero-order valence-corrected chi connectivity index (χ0v) is 8.03. The predicted molar refractivity (Wildman–Crippen MR) is 51.0 cm³/mol. The highest BCUT2D eigenvalue weighted by Crippen LogP contribution is 2.17. The lowest BCUT2D eigenvalue weighted by Gasteiger charge is -2.20. The van der Waals surface area contributed by atoms with Gasteiger partial charge in [0.15, 0.2) is 0 Å². The fourth-order valence-electron chi connectivity index (χ4n) is 1.06. The van der Waals surface area contributed by atoms with E-state index in [4.69, 9.17) is 10.2 Å². The summed E-state index contributed by atoms with van der Waals surface area (Å²) >= 11 is 0. The lowest BCUT2D eigenvalue weighted by molar-refractivity contribution is 0.0541. The minimum absolute atomic E-state index is 0.140. The molecule has 0 atom stereocenters. The average molecular weight is 172 g/mol. The summed E-state index contributed by atoms with van der Waals surface area (Å²) in [6.07, 6.45) is 6.83. The first-order chi connectivity index (χ1) is 5.70. The third-order valence-corrected chi connectivity index (χ3v) is 2.00. The third kappa shape index (κ3) is 6.38. The number of hydrogen-bond donors (Lipinski definition) is 2. The molecule has 0 aromatic carbocycles. The second-order valence-corrected chi connectivity index (χ2v) is 3.13. The summed E-state index contributed by atoms with van der Waals surface area (Å²) in [5, 5.41) is 17.8. The monoisotopic (exact) mass is 172 g/mol. The molecule has 0 aliphatic heterocycles. The lowest BCUT2D eigenvalue weighted by Crippen LogP contribution is -2.21. The van der Waals surface area contributed by atoms with Crippen molar-refractivity contribution in [2.45, 2.75) is 51.7 Å². The Bertz CT molecular complexity index is 99.0. The van der Waals surface area contributed by atoms with Crippen LogP contribution in [0.25, 0.3) is 0 Å². The van der Waals surface area contributed by atoms with Crippen molar-refractivity contribution >= 4 is 0 Å². The summed E-state index contributed by atoms with van der Waals surface area (Å²) in [4.78, 5) is 0.